The van der Waals surface area contributed by atoms with E-state index < -0.39 is 29.4 Å². The third-order valence-electron chi connectivity index (χ3n) is 5.47. The summed E-state index contributed by atoms with van der Waals surface area (Å²) >= 11 is 12.0. The first-order chi connectivity index (χ1) is 15.6. The molecule has 174 valence electrons. The van der Waals surface area contributed by atoms with Crippen LogP contribution in [0.3, 0.4) is 0 Å². The molecule has 1 aliphatic heterocycles. The van der Waals surface area contributed by atoms with E-state index in [-0.39, 0.29) is 33.2 Å². The molecule has 3 rings (SSSR count). The predicted molar refractivity (Wildman–Crippen MR) is 122 cm³/mol. The molecule has 0 atom stereocenters. The van der Waals surface area contributed by atoms with Crippen LogP contribution >= 0.6 is 23.2 Å². The van der Waals surface area contributed by atoms with Gasteiger partial charge in [0.1, 0.15) is 11.6 Å². The Balaban J connectivity index is 2.19. The second-order valence-electron chi connectivity index (χ2n) is 7.24. The average molecular weight is 496 g/mol. The zero-order chi connectivity index (χ0) is 24.5. The number of amides is 2. The van der Waals surface area contributed by atoms with Gasteiger partial charge < -0.3 is 14.6 Å². The molecule has 0 radical (unpaired) electrons. The Morgan fingerprint density at radius 3 is 2.42 bits per heavy atom. The van der Waals surface area contributed by atoms with Gasteiger partial charge >= 0.3 is 12.1 Å². The minimum Gasteiger partial charge on any atom is -0.475 e. The summed E-state index contributed by atoms with van der Waals surface area (Å²) in [4.78, 5) is 37.6. The zero-order valence-electron chi connectivity index (χ0n) is 17.9. The summed E-state index contributed by atoms with van der Waals surface area (Å²) in [7, 11) is 1.25. The van der Waals surface area contributed by atoms with E-state index in [2.05, 4.69) is 0 Å². The number of carboxylic acid groups (broad SMARTS) is 1. The van der Waals surface area contributed by atoms with E-state index in [9.17, 15) is 23.9 Å². The maximum atomic E-state index is 14.2. The number of carbonyl (C=O) groups is 3. The van der Waals surface area contributed by atoms with Crippen LogP contribution in [0.1, 0.15) is 37.8 Å². The van der Waals surface area contributed by atoms with Crippen LogP contribution in [0, 0.1) is 5.82 Å². The van der Waals surface area contributed by atoms with Crippen LogP contribution in [0.15, 0.2) is 30.3 Å². The maximum Gasteiger partial charge on any atom is 0.419 e. The maximum absolute atomic E-state index is 14.2. The molecule has 0 unspecified atom stereocenters. The van der Waals surface area contributed by atoms with E-state index in [1.807, 2.05) is 0 Å². The van der Waals surface area contributed by atoms with Gasteiger partial charge in [0.25, 0.3) is 5.91 Å². The molecular formula is C23H20Cl2FNO6. The summed E-state index contributed by atoms with van der Waals surface area (Å²) in [5.74, 6) is -2.07. The normalized spacial score (nSPS) is 14.4. The van der Waals surface area contributed by atoms with Gasteiger partial charge in [0.15, 0.2) is 0 Å². The van der Waals surface area contributed by atoms with Crippen molar-refractivity contribution >= 4 is 58.5 Å². The van der Waals surface area contributed by atoms with Gasteiger partial charge in [0.2, 0.25) is 5.60 Å². The standard InChI is InChI=1S/C23H20Cl2FNO6/c1-4-23(5-2,21(29)32-3)33-19-7-6-13(24)8-12(19)9-15-14-10-17(26)16(25)11-18(14)27(20(15)28)22(30)31/h6-11H,4-5H2,1-3H3,(H,30,31)/b15-9-. The van der Waals surface area contributed by atoms with Crippen LogP contribution in [0.25, 0.3) is 11.6 Å². The third-order valence-corrected chi connectivity index (χ3v) is 6.00. The van der Waals surface area contributed by atoms with E-state index in [0.29, 0.717) is 22.8 Å². The first kappa shape index (κ1) is 24.5. The Labute approximate surface area is 199 Å². The highest BCUT2D eigenvalue weighted by Crippen LogP contribution is 2.42. The lowest BCUT2D eigenvalue weighted by molar-refractivity contribution is -0.159. The SMILES string of the molecule is CCC(CC)(Oc1ccc(Cl)cc1/C=C1\C(=O)N(C(=O)O)c2cc(Cl)c(F)cc21)C(=O)OC. The van der Waals surface area contributed by atoms with Crippen LogP contribution in [0.2, 0.25) is 10.0 Å². The molecule has 7 nitrogen and oxygen atoms in total. The van der Waals surface area contributed by atoms with Crippen LogP contribution in [-0.2, 0) is 14.3 Å². The molecule has 10 heteroatoms. The fourth-order valence-electron chi connectivity index (χ4n) is 3.61. The second-order valence-corrected chi connectivity index (χ2v) is 8.09. The number of esters is 1. The Bertz CT molecular complexity index is 1180. The molecule has 0 saturated carbocycles. The first-order valence-electron chi connectivity index (χ1n) is 9.94. The van der Waals surface area contributed by atoms with Gasteiger partial charge in [-0.1, -0.05) is 37.0 Å². The van der Waals surface area contributed by atoms with Crippen molar-refractivity contribution in [3.05, 3.63) is 57.3 Å². The minimum absolute atomic E-state index is 0.0421. The van der Waals surface area contributed by atoms with Gasteiger partial charge in [-0.3, -0.25) is 4.79 Å². The monoisotopic (exact) mass is 495 g/mol. The number of hydrogen-bond donors (Lipinski definition) is 1. The van der Waals surface area contributed by atoms with Gasteiger partial charge in [-0.15, -0.1) is 0 Å². The number of nitrogens with zero attached hydrogens (tertiary/aromatic N) is 1. The van der Waals surface area contributed by atoms with Crippen molar-refractivity contribution in [2.45, 2.75) is 32.3 Å². The Morgan fingerprint density at radius 1 is 1.18 bits per heavy atom. The van der Waals surface area contributed by atoms with Crippen molar-refractivity contribution in [1.82, 2.24) is 0 Å². The molecule has 0 aromatic heterocycles. The molecule has 0 saturated heterocycles. The van der Waals surface area contributed by atoms with E-state index in [0.717, 1.165) is 12.1 Å². The number of methoxy groups -OCH3 is 1. The highest BCUT2D eigenvalue weighted by molar-refractivity contribution is 6.42. The average Bonchev–Trinajstić information content (AvgIpc) is 3.04. The molecule has 1 N–H and O–H groups in total. The quantitative estimate of drug-likeness (QED) is 0.401. The van der Waals surface area contributed by atoms with Gasteiger partial charge in [-0.05, 0) is 49.2 Å². The molecule has 33 heavy (non-hydrogen) atoms. The van der Waals surface area contributed by atoms with Crippen LogP contribution < -0.4 is 9.64 Å². The summed E-state index contributed by atoms with van der Waals surface area (Å²) in [5, 5.41) is 9.50. The van der Waals surface area contributed by atoms with Crippen molar-refractivity contribution in [1.29, 1.82) is 0 Å². The zero-order valence-corrected chi connectivity index (χ0v) is 19.5. The number of benzene rings is 2. The van der Waals surface area contributed by atoms with Gasteiger partial charge in [-0.2, -0.15) is 0 Å². The van der Waals surface area contributed by atoms with E-state index >= 15 is 0 Å². The van der Waals surface area contributed by atoms with Gasteiger partial charge in [-0.25, -0.2) is 18.9 Å². The number of ether oxygens (including phenoxy) is 2. The lowest BCUT2D eigenvalue weighted by Crippen LogP contribution is -2.44. The van der Waals surface area contributed by atoms with Crippen molar-refractivity contribution in [3.63, 3.8) is 0 Å². The third kappa shape index (κ3) is 4.41. The second kappa shape index (κ2) is 9.41. The molecule has 2 amide bonds. The predicted octanol–water partition coefficient (Wildman–Crippen LogP) is 5.81. The molecular weight excluding hydrogens is 476 g/mol. The highest BCUT2D eigenvalue weighted by Gasteiger charge is 2.40. The van der Waals surface area contributed by atoms with Crippen LogP contribution in [-0.4, -0.2) is 35.8 Å². The smallest absolute Gasteiger partial charge is 0.419 e. The molecule has 1 heterocycles. The van der Waals surface area contributed by atoms with E-state index in [4.69, 9.17) is 32.7 Å². The number of anilines is 1. The summed E-state index contributed by atoms with van der Waals surface area (Å²) in [6.45, 7) is 3.53. The first-order valence-corrected chi connectivity index (χ1v) is 10.7. The van der Waals surface area contributed by atoms with Crippen molar-refractivity contribution in [2.75, 3.05) is 12.0 Å². The fraction of sp³-hybridized carbons (Fsp3) is 0.261. The van der Waals surface area contributed by atoms with Gasteiger partial charge in [0, 0.05) is 16.1 Å². The number of fused-ring (bicyclic) bond motifs is 1. The topological polar surface area (TPSA) is 93.1 Å². The van der Waals surface area contributed by atoms with Crippen LogP contribution in [0.5, 0.6) is 5.75 Å². The molecule has 0 spiro atoms. The fourth-order valence-corrected chi connectivity index (χ4v) is 3.95. The van der Waals surface area contributed by atoms with Crippen LogP contribution in [0.4, 0.5) is 14.9 Å². The number of carbonyl (C=O) groups excluding carboxylic acids is 2. The highest BCUT2D eigenvalue weighted by atomic mass is 35.5. The molecule has 2 aromatic carbocycles. The molecule has 0 aliphatic carbocycles. The molecule has 1 aliphatic rings. The molecule has 0 bridgehead atoms. The lowest BCUT2D eigenvalue weighted by Gasteiger charge is -2.30. The summed E-state index contributed by atoms with van der Waals surface area (Å²) in [6, 6.07) is 6.62. The van der Waals surface area contributed by atoms with E-state index in [1.165, 1.54) is 25.3 Å². The summed E-state index contributed by atoms with van der Waals surface area (Å²) < 4.78 is 25.2. The Kier molecular flexibility index (Phi) is 7.00. The number of imide groups is 1. The molecule has 0 fully saturated rings. The number of hydrogen-bond acceptors (Lipinski definition) is 5. The number of halogens is 3. The largest absolute Gasteiger partial charge is 0.475 e. The molecule has 2 aromatic rings. The number of rotatable bonds is 6. The van der Waals surface area contributed by atoms with E-state index in [1.54, 1.807) is 19.9 Å². The van der Waals surface area contributed by atoms with Crippen molar-refractivity contribution in [3.8, 4) is 5.75 Å². The lowest BCUT2D eigenvalue weighted by atomic mass is 9.96. The van der Waals surface area contributed by atoms with Crippen molar-refractivity contribution in [2.24, 2.45) is 0 Å². The summed E-state index contributed by atoms with van der Waals surface area (Å²) in [5.41, 5.74) is -1.14. The van der Waals surface area contributed by atoms with Gasteiger partial charge in [0.05, 0.1) is 23.4 Å². The van der Waals surface area contributed by atoms with Crippen molar-refractivity contribution < 1.29 is 33.4 Å². The minimum atomic E-state index is -1.54. The summed E-state index contributed by atoms with van der Waals surface area (Å²) in [6.07, 6.45) is 0.392. The Morgan fingerprint density at radius 2 is 1.85 bits per heavy atom. The Hall–Kier alpha value is -3.10.